The van der Waals surface area contributed by atoms with Crippen LogP contribution in [0.25, 0.3) is 0 Å². The first-order chi connectivity index (χ1) is 9.36. The maximum atomic E-state index is 4.49. The maximum Gasteiger partial charge on any atom is 0.126 e. The number of nitrogens with zero attached hydrogens (tertiary/aromatic N) is 1. The van der Waals surface area contributed by atoms with Crippen LogP contribution in [0.15, 0.2) is 40.9 Å². The van der Waals surface area contributed by atoms with Crippen molar-refractivity contribution in [2.75, 3.05) is 5.32 Å². The number of hydrogen-bond acceptors (Lipinski definition) is 2. The molecule has 2 rings (SSSR count). The standard InChI is InChI=1S/C17H21BrN2/c1-12-15(18)9-10-16(20-12)19-11-13-5-7-14(8-6-13)17(2,3)4/h5-10H,11H2,1-4H3,(H,19,20). The third kappa shape index (κ3) is 3.83. The Balaban J connectivity index is 2.02. The Bertz CT molecular complexity index is 583. The lowest BCUT2D eigenvalue weighted by molar-refractivity contribution is 0.590. The highest BCUT2D eigenvalue weighted by molar-refractivity contribution is 9.10. The molecule has 0 aliphatic heterocycles. The Morgan fingerprint density at radius 3 is 2.25 bits per heavy atom. The van der Waals surface area contributed by atoms with Crippen LogP contribution in [0.1, 0.15) is 37.6 Å². The van der Waals surface area contributed by atoms with Gasteiger partial charge in [-0.25, -0.2) is 4.98 Å². The van der Waals surface area contributed by atoms with Gasteiger partial charge in [0.25, 0.3) is 0 Å². The van der Waals surface area contributed by atoms with Crippen LogP contribution in [0.4, 0.5) is 5.82 Å². The number of halogens is 1. The second-order valence-corrected chi connectivity index (χ2v) is 6.92. The van der Waals surface area contributed by atoms with Crippen molar-refractivity contribution in [2.45, 2.75) is 39.7 Å². The van der Waals surface area contributed by atoms with Gasteiger partial charge in [0.2, 0.25) is 0 Å². The first kappa shape index (κ1) is 15.0. The normalized spacial score (nSPS) is 11.4. The molecule has 0 unspecified atom stereocenters. The van der Waals surface area contributed by atoms with E-state index in [0.717, 1.165) is 22.5 Å². The second kappa shape index (κ2) is 5.96. The summed E-state index contributed by atoms with van der Waals surface area (Å²) < 4.78 is 1.04. The molecule has 0 radical (unpaired) electrons. The summed E-state index contributed by atoms with van der Waals surface area (Å²) in [6.45, 7) is 9.48. The molecular formula is C17H21BrN2. The molecule has 1 N–H and O–H groups in total. The lowest BCUT2D eigenvalue weighted by atomic mass is 9.87. The molecule has 0 fully saturated rings. The molecule has 106 valence electrons. The molecule has 0 atom stereocenters. The molecule has 0 aliphatic carbocycles. The van der Waals surface area contributed by atoms with Crippen LogP contribution in [0.5, 0.6) is 0 Å². The van der Waals surface area contributed by atoms with Gasteiger partial charge in [-0.05, 0) is 51.5 Å². The number of rotatable bonds is 3. The van der Waals surface area contributed by atoms with Crippen molar-refractivity contribution in [3.8, 4) is 0 Å². The van der Waals surface area contributed by atoms with Gasteiger partial charge in [-0.2, -0.15) is 0 Å². The van der Waals surface area contributed by atoms with Crippen LogP contribution in [-0.4, -0.2) is 4.98 Å². The van der Waals surface area contributed by atoms with Crippen LogP contribution in [0, 0.1) is 6.92 Å². The number of benzene rings is 1. The molecule has 0 aliphatic rings. The van der Waals surface area contributed by atoms with Crippen LogP contribution in [0.3, 0.4) is 0 Å². The van der Waals surface area contributed by atoms with Crippen molar-refractivity contribution in [3.63, 3.8) is 0 Å². The average molecular weight is 333 g/mol. The maximum absolute atomic E-state index is 4.49. The Hall–Kier alpha value is -1.35. The minimum absolute atomic E-state index is 0.205. The quantitative estimate of drug-likeness (QED) is 0.849. The Morgan fingerprint density at radius 1 is 1.05 bits per heavy atom. The Labute approximate surface area is 129 Å². The summed E-state index contributed by atoms with van der Waals surface area (Å²) in [5.41, 5.74) is 3.83. The predicted molar refractivity (Wildman–Crippen MR) is 89.1 cm³/mol. The van der Waals surface area contributed by atoms with E-state index >= 15 is 0 Å². The fourth-order valence-electron chi connectivity index (χ4n) is 1.96. The van der Waals surface area contributed by atoms with Crippen molar-refractivity contribution in [1.82, 2.24) is 4.98 Å². The molecule has 2 aromatic rings. The largest absolute Gasteiger partial charge is 0.366 e. The van der Waals surface area contributed by atoms with E-state index < -0.39 is 0 Å². The van der Waals surface area contributed by atoms with Gasteiger partial charge in [-0.1, -0.05) is 45.0 Å². The van der Waals surface area contributed by atoms with Gasteiger partial charge in [-0.15, -0.1) is 0 Å². The van der Waals surface area contributed by atoms with Crippen molar-refractivity contribution in [3.05, 3.63) is 57.7 Å². The van der Waals surface area contributed by atoms with Crippen molar-refractivity contribution in [2.24, 2.45) is 0 Å². The SMILES string of the molecule is Cc1nc(NCc2ccc(C(C)(C)C)cc2)ccc1Br. The summed E-state index contributed by atoms with van der Waals surface area (Å²) >= 11 is 3.46. The molecule has 0 saturated carbocycles. The van der Waals surface area contributed by atoms with E-state index in [1.807, 2.05) is 19.1 Å². The summed E-state index contributed by atoms with van der Waals surface area (Å²) in [5.74, 6) is 0.908. The van der Waals surface area contributed by atoms with Crippen LogP contribution < -0.4 is 5.32 Å². The van der Waals surface area contributed by atoms with Gasteiger partial charge >= 0.3 is 0 Å². The molecule has 0 spiro atoms. The van der Waals surface area contributed by atoms with Crippen LogP contribution in [0.2, 0.25) is 0 Å². The molecular weight excluding hydrogens is 312 g/mol. The fraction of sp³-hybridized carbons (Fsp3) is 0.353. The predicted octanol–water partition coefficient (Wildman–Crippen LogP) is 5.06. The zero-order valence-corrected chi connectivity index (χ0v) is 14.1. The van der Waals surface area contributed by atoms with Crippen molar-refractivity contribution >= 4 is 21.7 Å². The number of pyridine rings is 1. The van der Waals surface area contributed by atoms with E-state index in [-0.39, 0.29) is 5.41 Å². The van der Waals surface area contributed by atoms with E-state index in [9.17, 15) is 0 Å². The molecule has 1 aromatic carbocycles. The molecule has 1 aromatic heterocycles. The first-order valence-corrected chi connectivity index (χ1v) is 7.62. The van der Waals surface area contributed by atoms with Crippen LogP contribution in [-0.2, 0) is 12.0 Å². The zero-order valence-electron chi connectivity index (χ0n) is 12.5. The van der Waals surface area contributed by atoms with Crippen LogP contribution >= 0.6 is 15.9 Å². The number of hydrogen-bond donors (Lipinski definition) is 1. The third-order valence-corrected chi connectivity index (χ3v) is 4.15. The fourth-order valence-corrected chi connectivity index (χ4v) is 2.18. The number of aryl methyl sites for hydroxylation is 1. The molecule has 0 saturated heterocycles. The highest BCUT2D eigenvalue weighted by Crippen LogP contribution is 2.22. The van der Waals surface area contributed by atoms with E-state index in [2.05, 4.69) is 71.3 Å². The molecule has 1 heterocycles. The molecule has 2 nitrogen and oxygen atoms in total. The second-order valence-electron chi connectivity index (χ2n) is 6.06. The van der Waals surface area contributed by atoms with Crippen molar-refractivity contribution < 1.29 is 0 Å². The minimum Gasteiger partial charge on any atom is -0.366 e. The minimum atomic E-state index is 0.205. The van der Waals surface area contributed by atoms with Crippen molar-refractivity contribution in [1.29, 1.82) is 0 Å². The van der Waals surface area contributed by atoms with Gasteiger partial charge in [0, 0.05) is 11.0 Å². The third-order valence-electron chi connectivity index (χ3n) is 3.31. The van der Waals surface area contributed by atoms with Gasteiger partial charge in [0.15, 0.2) is 0 Å². The summed E-state index contributed by atoms with van der Waals surface area (Å²) in [4.78, 5) is 4.49. The van der Waals surface area contributed by atoms with Gasteiger partial charge < -0.3 is 5.32 Å². The lowest BCUT2D eigenvalue weighted by Gasteiger charge is -2.19. The van der Waals surface area contributed by atoms with E-state index in [1.54, 1.807) is 0 Å². The summed E-state index contributed by atoms with van der Waals surface area (Å²) in [6, 6.07) is 12.8. The monoisotopic (exact) mass is 332 g/mol. The molecule has 20 heavy (non-hydrogen) atoms. The number of aromatic nitrogens is 1. The zero-order chi connectivity index (χ0) is 14.8. The van der Waals surface area contributed by atoms with Gasteiger partial charge in [0.1, 0.15) is 5.82 Å². The van der Waals surface area contributed by atoms with E-state index in [4.69, 9.17) is 0 Å². The summed E-state index contributed by atoms with van der Waals surface area (Å²) in [5, 5.41) is 3.36. The molecule has 3 heteroatoms. The topological polar surface area (TPSA) is 24.9 Å². The number of nitrogens with one attached hydrogen (secondary N) is 1. The molecule has 0 amide bonds. The Kier molecular flexibility index (Phi) is 4.48. The summed E-state index contributed by atoms with van der Waals surface area (Å²) in [7, 11) is 0. The highest BCUT2D eigenvalue weighted by Gasteiger charge is 2.12. The average Bonchev–Trinajstić information content (AvgIpc) is 2.40. The Morgan fingerprint density at radius 2 is 1.70 bits per heavy atom. The summed E-state index contributed by atoms with van der Waals surface area (Å²) in [6.07, 6.45) is 0. The first-order valence-electron chi connectivity index (χ1n) is 6.83. The smallest absolute Gasteiger partial charge is 0.126 e. The van der Waals surface area contributed by atoms with Gasteiger partial charge in [0.05, 0.1) is 5.69 Å². The molecule has 0 bridgehead atoms. The van der Waals surface area contributed by atoms with Gasteiger partial charge in [-0.3, -0.25) is 0 Å². The highest BCUT2D eigenvalue weighted by atomic mass is 79.9. The van der Waals surface area contributed by atoms with E-state index in [0.29, 0.717) is 0 Å². The lowest BCUT2D eigenvalue weighted by Crippen LogP contribution is -2.11. The number of anilines is 1. The van der Waals surface area contributed by atoms with E-state index in [1.165, 1.54) is 11.1 Å².